The van der Waals surface area contributed by atoms with Crippen LogP contribution in [0, 0.1) is 10.1 Å². The monoisotopic (exact) mass is 450 g/mol. The van der Waals surface area contributed by atoms with Crippen molar-refractivity contribution in [3.8, 4) is 0 Å². The van der Waals surface area contributed by atoms with Crippen molar-refractivity contribution in [2.24, 2.45) is 0 Å². The zero-order valence-corrected chi connectivity index (χ0v) is 18.2. The molecule has 1 heterocycles. The van der Waals surface area contributed by atoms with E-state index in [4.69, 9.17) is 11.6 Å². The molecule has 0 atom stereocenters. The van der Waals surface area contributed by atoms with Gasteiger partial charge in [0.15, 0.2) is 0 Å². The molecule has 1 aliphatic heterocycles. The van der Waals surface area contributed by atoms with Crippen molar-refractivity contribution in [1.29, 1.82) is 0 Å². The van der Waals surface area contributed by atoms with Crippen LogP contribution in [-0.2, 0) is 6.54 Å². The van der Waals surface area contributed by atoms with Gasteiger partial charge in [-0.25, -0.2) is 0 Å². The number of halogens is 1. The minimum absolute atomic E-state index is 0.0382. The van der Waals surface area contributed by atoms with Gasteiger partial charge in [-0.15, -0.1) is 0 Å². The van der Waals surface area contributed by atoms with E-state index >= 15 is 0 Å². The number of benzene rings is 3. The third-order valence-electron chi connectivity index (χ3n) is 5.56. The van der Waals surface area contributed by atoms with E-state index in [0.29, 0.717) is 5.69 Å². The number of amides is 1. The molecule has 4 rings (SSSR count). The summed E-state index contributed by atoms with van der Waals surface area (Å²) in [5, 5.41) is 14.7. The van der Waals surface area contributed by atoms with Crippen molar-refractivity contribution < 1.29 is 9.72 Å². The molecule has 0 aliphatic carbocycles. The van der Waals surface area contributed by atoms with Crippen LogP contribution in [0.1, 0.15) is 15.9 Å². The van der Waals surface area contributed by atoms with Gasteiger partial charge in [0.05, 0.1) is 4.92 Å². The Labute approximate surface area is 191 Å². The summed E-state index contributed by atoms with van der Waals surface area (Å²) in [5.74, 6) is -0.502. The number of nitrogens with one attached hydrogen (secondary N) is 1. The van der Waals surface area contributed by atoms with Crippen LogP contribution in [0.3, 0.4) is 0 Å². The Morgan fingerprint density at radius 2 is 1.59 bits per heavy atom. The number of rotatable bonds is 6. The molecule has 7 nitrogen and oxygen atoms in total. The zero-order valence-electron chi connectivity index (χ0n) is 17.4. The SMILES string of the molecule is O=C(Nc1ccc(N2CCN(Cc3ccccc3Cl)CC2)cc1)c1ccccc1[N+](=O)[O-]. The second kappa shape index (κ2) is 9.80. The second-order valence-corrected chi connectivity index (χ2v) is 8.04. The number of carbonyl (C=O) groups is 1. The molecule has 0 aromatic heterocycles. The van der Waals surface area contributed by atoms with Crippen LogP contribution in [0.5, 0.6) is 0 Å². The van der Waals surface area contributed by atoms with E-state index in [1.807, 2.05) is 42.5 Å². The van der Waals surface area contributed by atoms with Crippen LogP contribution < -0.4 is 10.2 Å². The van der Waals surface area contributed by atoms with E-state index in [-0.39, 0.29) is 11.3 Å². The van der Waals surface area contributed by atoms with Gasteiger partial charge in [-0.3, -0.25) is 19.8 Å². The minimum atomic E-state index is -0.552. The predicted molar refractivity (Wildman–Crippen MR) is 126 cm³/mol. The smallest absolute Gasteiger partial charge is 0.282 e. The summed E-state index contributed by atoms with van der Waals surface area (Å²) < 4.78 is 0. The summed E-state index contributed by atoms with van der Waals surface area (Å²) in [6.45, 7) is 4.49. The summed E-state index contributed by atoms with van der Waals surface area (Å²) in [6.07, 6.45) is 0. The number of hydrogen-bond acceptors (Lipinski definition) is 5. The van der Waals surface area contributed by atoms with Crippen LogP contribution in [0.4, 0.5) is 17.1 Å². The molecule has 0 bridgehead atoms. The minimum Gasteiger partial charge on any atom is -0.369 e. The fourth-order valence-electron chi connectivity index (χ4n) is 3.81. The highest BCUT2D eigenvalue weighted by atomic mass is 35.5. The van der Waals surface area contributed by atoms with Crippen molar-refractivity contribution in [2.75, 3.05) is 36.4 Å². The fourth-order valence-corrected chi connectivity index (χ4v) is 4.01. The van der Waals surface area contributed by atoms with Crippen molar-refractivity contribution in [3.05, 3.63) is 99.1 Å². The normalized spacial score (nSPS) is 14.2. The lowest BCUT2D eigenvalue weighted by molar-refractivity contribution is -0.385. The summed E-state index contributed by atoms with van der Waals surface area (Å²) in [6, 6.07) is 21.4. The first-order chi connectivity index (χ1) is 15.5. The van der Waals surface area contributed by atoms with Crippen LogP contribution >= 0.6 is 11.6 Å². The molecule has 3 aromatic carbocycles. The van der Waals surface area contributed by atoms with E-state index < -0.39 is 10.8 Å². The van der Waals surface area contributed by atoms with Crippen molar-refractivity contribution in [2.45, 2.75) is 6.54 Å². The molecular formula is C24H23ClN4O3. The van der Waals surface area contributed by atoms with E-state index in [9.17, 15) is 14.9 Å². The number of nitro groups is 1. The van der Waals surface area contributed by atoms with Crippen LogP contribution in [0.15, 0.2) is 72.8 Å². The highest BCUT2D eigenvalue weighted by Crippen LogP contribution is 2.23. The van der Waals surface area contributed by atoms with Gasteiger partial charge in [-0.2, -0.15) is 0 Å². The van der Waals surface area contributed by atoms with Crippen molar-refractivity contribution >= 4 is 34.6 Å². The summed E-state index contributed by atoms with van der Waals surface area (Å²) in [4.78, 5) is 27.8. The Morgan fingerprint density at radius 3 is 2.28 bits per heavy atom. The number of anilines is 2. The Bertz CT molecular complexity index is 1110. The molecule has 8 heteroatoms. The molecule has 0 radical (unpaired) electrons. The average molecular weight is 451 g/mol. The first kappa shape index (κ1) is 21.8. The van der Waals surface area contributed by atoms with Gasteiger partial charge < -0.3 is 10.2 Å². The highest BCUT2D eigenvalue weighted by Gasteiger charge is 2.20. The maximum Gasteiger partial charge on any atom is 0.282 e. The molecule has 1 amide bonds. The molecule has 3 aromatic rings. The zero-order chi connectivity index (χ0) is 22.5. The molecule has 0 spiro atoms. The Morgan fingerprint density at radius 1 is 0.938 bits per heavy atom. The lowest BCUT2D eigenvalue weighted by Crippen LogP contribution is -2.46. The predicted octanol–water partition coefficient (Wildman–Crippen LogP) is 4.82. The summed E-state index contributed by atoms with van der Waals surface area (Å²) in [7, 11) is 0. The lowest BCUT2D eigenvalue weighted by Gasteiger charge is -2.36. The molecule has 1 saturated heterocycles. The number of carbonyl (C=O) groups excluding carboxylic acids is 1. The molecule has 164 valence electrons. The van der Waals surface area contributed by atoms with Gasteiger partial charge in [-0.05, 0) is 42.0 Å². The van der Waals surface area contributed by atoms with Crippen LogP contribution in [0.25, 0.3) is 0 Å². The number of nitrogens with zero attached hydrogens (tertiary/aromatic N) is 3. The first-order valence-electron chi connectivity index (χ1n) is 10.4. The summed E-state index contributed by atoms with van der Waals surface area (Å²) in [5.41, 5.74) is 2.63. The molecule has 0 saturated carbocycles. The average Bonchev–Trinajstić information content (AvgIpc) is 2.81. The van der Waals surface area contributed by atoms with Crippen LogP contribution in [-0.4, -0.2) is 41.9 Å². The van der Waals surface area contributed by atoms with Gasteiger partial charge in [0, 0.05) is 55.2 Å². The van der Waals surface area contributed by atoms with E-state index in [1.54, 1.807) is 6.07 Å². The lowest BCUT2D eigenvalue weighted by atomic mass is 10.1. The van der Waals surface area contributed by atoms with Gasteiger partial charge in [0.1, 0.15) is 5.56 Å². The Balaban J connectivity index is 1.34. The molecule has 1 N–H and O–H groups in total. The number of piperazine rings is 1. The maximum absolute atomic E-state index is 12.5. The van der Waals surface area contributed by atoms with E-state index in [2.05, 4.69) is 21.2 Å². The van der Waals surface area contributed by atoms with Gasteiger partial charge in [-0.1, -0.05) is 41.9 Å². The van der Waals surface area contributed by atoms with E-state index in [1.165, 1.54) is 18.2 Å². The standard InChI is InChI=1S/C24H23ClN4O3/c25-22-7-3-1-5-18(22)17-27-13-15-28(16-14-27)20-11-9-19(10-12-20)26-24(30)21-6-2-4-8-23(21)29(31)32/h1-12H,13-17H2,(H,26,30). The van der Waals surface area contributed by atoms with Crippen LogP contribution in [0.2, 0.25) is 5.02 Å². The molecule has 0 unspecified atom stereocenters. The number of hydrogen-bond donors (Lipinski definition) is 1. The molecular weight excluding hydrogens is 428 g/mol. The second-order valence-electron chi connectivity index (χ2n) is 7.63. The topological polar surface area (TPSA) is 78.7 Å². The van der Waals surface area contributed by atoms with Gasteiger partial charge in [0.2, 0.25) is 0 Å². The molecule has 32 heavy (non-hydrogen) atoms. The Kier molecular flexibility index (Phi) is 6.68. The largest absolute Gasteiger partial charge is 0.369 e. The maximum atomic E-state index is 12.5. The highest BCUT2D eigenvalue weighted by molar-refractivity contribution is 6.31. The van der Waals surface area contributed by atoms with E-state index in [0.717, 1.165) is 49.0 Å². The van der Waals surface area contributed by atoms with Crippen molar-refractivity contribution in [1.82, 2.24) is 4.90 Å². The molecule has 1 aliphatic rings. The summed E-state index contributed by atoms with van der Waals surface area (Å²) >= 11 is 6.28. The Hall–Kier alpha value is -3.42. The third-order valence-corrected chi connectivity index (χ3v) is 5.93. The first-order valence-corrected chi connectivity index (χ1v) is 10.7. The molecule has 1 fully saturated rings. The fraction of sp³-hybridized carbons (Fsp3) is 0.208. The number of nitro benzene ring substituents is 1. The van der Waals surface area contributed by atoms with Crippen molar-refractivity contribution in [3.63, 3.8) is 0 Å². The van der Waals surface area contributed by atoms with Gasteiger partial charge in [0.25, 0.3) is 11.6 Å². The third kappa shape index (κ3) is 5.07. The number of para-hydroxylation sites is 1. The quantitative estimate of drug-likeness (QED) is 0.430. The van der Waals surface area contributed by atoms with Gasteiger partial charge >= 0.3 is 0 Å².